The minimum atomic E-state index is -0.279. The van der Waals surface area contributed by atoms with Crippen LogP contribution >= 0.6 is 11.3 Å². The lowest BCUT2D eigenvalue weighted by atomic mass is 9.96. The van der Waals surface area contributed by atoms with Crippen molar-refractivity contribution in [3.05, 3.63) is 58.0 Å². The van der Waals surface area contributed by atoms with Crippen molar-refractivity contribution in [2.75, 3.05) is 23.9 Å². The van der Waals surface area contributed by atoms with E-state index in [0.29, 0.717) is 34.4 Å². The third-order valence-electron chi connectivity index (χ3n) is 5.29. The predicted octanol–water partition coefficient (Wildman–Crippen LogP) is 4.14. The highest BCUT2D eigenvalue weighted by Crippen LogP contribution is 2.38. The number of rotatable bonds is 5. The summed E-state index contributed by atoms with van der Waals surface area (Å²) in [6.07, 6.45) is 3.48. The van der Waals surface area contributed by atoms with Gasteiger partial charge in [0.25, 0.3) is 5.91 Å². The Morgan fingerprint density at radius 3 is 2.87 bits per heavy atom. The summed E-state index contributed by atoms with van der Waals surface area (Å²) in [7, 11) is 1.62. The van der Waals surface area contributed by atoms with Crippen molar-refractivity contribution < 1.29 is 18.7 Å². The van der Waals surface area contributed by atoms with Gasteiger partial charge in [0.1, 0.15) is 11.5 Å². The number of carbonyl (C=O) groups excluding carboxylic acids is 2. The molecule has 2 aromatic heterocycles. The monoisotopic (exact) mass is 425 g/mol. The van der Waals surface area contributed by atoms with E-state index in [1.54, 1.807) is 30.4 Å². The van der Waals surface area contributed by atoms with Gasteiger partial charge in [-0.05, 0) is 49.9 Å². The molecule has 3 heterocycles. The number of hydrogen-bond acceptors (Lipinski definition) is 6. The zero-order valence-electron chi connectivity index (χ0n) is 17.2. The molecule has 1 aromatic carbocycles. The number of benzene rings is 1. The maximum absolute atomic E-state index is 13.1. The number of nitrogens with zero attached hydrogens (tertiary/aromatic N) is 2. The van der Waals surface area contributed by atoms with Crippen LogP contribution < -0.4 is 15.0 Å². The van der Waals surface area contributed by atoms with Gasteiger partial charge in [-0.2, -0.15) is 0 Å². The summed E-state index contributed by atoms with van der Waals surface area (Å²) in [6, 6.07) is 5.56. The topological polar surface area (TPSA) is 84.7 Å². The second-order valence-electron chi connectivity index (χ2n) is 7.23. The molecule has 30 heavy (non-hydrogen) atoms. The first-order chi connectivity index (χ1) is 14.5. The number of aromatic nitrogens is 1. The van der Waals surface area contributed by atoms with E-state index in [4.69, 9.17) is 9.15 Å². The van der Waals surface area contributed by atoms with Crippen molar-refractivity contribution in [3.8, 4) is 5.75 Å². The summed E-state index contributed by atoms with van der Waals surface area (Å²) in [4.78, 5) is 31.6. The smallest absolute Gasteiger partial charge is 0.260 e. The normalized spacial score (nSPS) is 13.1. The van der Waals surface area contributed by atoms with Crippen molar-refractivity contribution in [1.82, 2.24) is 4.98 Å². The van der Waals surface area contributed by atoms with Crippen LogP contribution in [0.15, 0.2) is 34.3 Å². The maximum Gasteiger partial charge on any atom is 0.260 e. The summed E-state index contributed by atoms with van der Waals surface area (Å²) in [5, 5.41) is 5.02. The number of furan rings is 1. The van der Waals surface area contributed by atoms with Gasteiger partial charge in [-0.1, -0.05) is 6.07 Å². The van der Waals surface area contributed by atoms with Gasteiger partial charge in [-0.3, -0.25) is 14.9 Å². The van der Waals surface area contributed by atoms with Crippen LogP contribution in [-0.4, -0.2) is 30.5 Å². The van der Waals surface area contributed by atoms with E-state index >= 15 is 0 Å². The third kappa shape index (κ3) is 3.82. The van der Waals surface area contributed by atoms with Crippen LogP contribution in [0.3, 0.4) is 0 Å². The molecule has 1 N–H and O–H groups in total. The molecule has 4 rings (SSSR count). The standard InChI is InChI=1S/C22H23N3O4S/c1-13-6-7-18(28-3)20-16(13)5-4-9-25(20)19(26)11-15-12-30-22(23-15)24-21(27)17-8-10-29-14(17)2/h6-8,10,12H,4-5,9,11H2,1-3H3,(H,23,24,27). The molecule has 8 heteroatoms. The van der Waals surface area contributed by atoms with Crippen molar-refractivity contribution >= 4 is 34.0 Å². The zero-order valence-corrected chi connectivity index (χ0v) is 18.0. The molecule has 0 atom stereocenters. The molecule has 1 aliphatic rings. The molecule has 0 unspecified atom stereocenters. The largest absolute Gasteiger partial charge is 0.495 e. The third-order valence-corrected chi connectivity index (χ3v) is 6.09. The minimum Gasteiger partial charge on any atom is -0.495 e. The molecular formula is C22H23N3O4S. The van der Waals surface area contributed by atoms with Crippen molar-refractivity contribution in [1.29, 1.82) is 0 Å². The number of carbonyl (C=O) groups is 2. The summed E-state index contributed by atoms with van der Waals surface area (Å²) >= 11 is 1.30. The van der Waals surface area contributed by atoms with Crippen LogP contribution in [0.1, 0.15) is 39.4 Å². The minimum absolute atomic E-state index is 0.0336. The first-order valence-corrected chi connectivity index (χ1v) is 10.6. The Hall–Kier alpha value is -3.13. The molecule has 3 aromatic rings. The zero-order chi connectivity index (χ0) is 21.3. The summed E-state index contributed by atoms with van der Waals surface area (Å²) in [5.41, 5.74) is 4.29. The quantitative estimate of drug-likeness (QED) is 0.664. The number of thiazole rings is 1. The lowest BCUT2D eigenvalue weighted by Gasteiger charge is -2.32. The summed E-state index contributed by atoms with van der Waals surface area (Å²) in [6.45, 7) is 4.44. The second kappa shape index (κ2) is 8.31. The molecule has 0 fully saturated rings. The number of ether oxygens (including phenoxy) is 1. The van der Waals surface area contributed by atoms with Gasteiger partial charge < -0.3 is 14.1 Å². The molecule has 0 aliphatic carbocycles. The summed E-state index contributed by atoms with van der Waals surface area (Å²) < 4.78 is 10.7. The first kappa shape index (κ1) is 20.2. The van der Waals surface area contributed by atoms with E-state index in [9.17, 15) is 9.59 Å². The van der Waals surface area contributed by atoms with Crippen molar-refractivity contribution in [3.63, 3.8) is 0 Å². The molecule has 156 valence electrons. The summed E-state index contributed by atoms with van der Waals surface area (Å²) in [5.74, 6) is 0.949. The van der Waals surface area contributed by atoms with Gasteiger partial charge in [0.2, 0.25) is 5.91 Å². The Labute approximate surface area is 178 Å². The molecular weight excluding hydrogens is 402 g/mol. The molecule has 1 aliphatic heterocycles. The van der Waals surface area contributed by atoms with Gasteiger partial charge in [0.15, 0.2) is 5.13 Å². The molecule has 0 saturated heterocycles. The maximum atomic E-state index is 13.1. The Balaban J connectivity index is 1.49. The highest BCUT2D eigenvalue weighted by Gasteiger charge is 2.27. The molecule has 7 nitrogen and oxygen atoms in total. The second-order valence-corrected chi connectivity index (χ2v) is 8.08. The van der Waals surface area contributed by atoms with Gasteiger partial charge in [-0.15, -0.1) is 11.3 Å². The Bertz CT molecular complexity index is 1100. The fourth-order valence-corrected chi connectivity index (χ4v) is 4.45. The number of anilines is 2. The molecule has 0 bridgehead atoms. The lowest BCUT2D eigenvalue weighted by molar-refractivity contribution is -0.118. The first-order valence-electron chi connectivity index (χ1n) is 9.74. The number of aryl methyl sites for hydroxylation is 2. The average Bonchev–Trinajstić information content (AvgIpc) is 3.36. The number of nitrogens with one attached hydrogen (secondary N) is 1. The Kier molecular flexibility index (Phi) is 5.59. The van der Waals surface area contributed by atoms with Gasteiger partial charge in [0.05, 0.1) is 36.7 Å². The van der Waals surface area contributed by atoms with E-state index in [2.05, 4.69) is 17.2 Å². The van der Waals surface area contributed by atoms with Gasteiger partial charge in [0, 0.05) is 11.9 Å². The van der Waals surface area contributed by atoms with Crippen molar-refractivity contribution in [2.24, 2.45) is 0 Å². The van der Waals surface area contributed by atoms with Crippen molar-refractivity contribution in [2.45, 2.75) is 33.1 Å². The van der Waals surface area contributed by atoms with E-state index < -0.39 is 0 Å². The van der Waals surface area contributed by atoms with Crippen LogP contribution in [0.5, 0.6) is 5.75 Å². The molecule has 0 saturated carbocycles. The Morgan fingerprint density at radius 1 is 1.30 bits per heavy atom. The number of amides is 2. The van der Waals surface area contributed by atoms with Crippen LogP contribution in [0.2, 0.25) is 0 Å². The SMILES string of the molecule is COc1ccc(C)c2c1N(C(=O)Cc1csc(NC(=O)c3ccoc3C)n1)CCC2. The van der Waals surface area contributed by atoms with Crippen LogP contribution in [0, 0.1) is 13.8 Å². The lowest BCUT2D eigenvalue weighted by Crippen LogP contribution is -2.37. The van der Waals surface area contributed by atoms with E-state index in [-0.39, 0.29) is 18.2 Å². The van der Waals surface area contributed by atoms with E-state index in [0.717, 1.165) is 29.7 Å². The average molecular weight is 426 g/mol. The van der Waals surface area contributed by atoms with Gasteiger partial charge >= 0.3 is 0 Å². The van der Waals surface area contributed by atoms with Crippen LogP contribution in [0.25, 0.3) is 0 Å². The van der Waals surface area contributed by atoms with E-state index in [1.165, 1.54) is 17.6 Å². The Morgan fingerprint density at radius 2 is 2.13 bits per heavy atom. The predicted molar refractivity (Wildman–Crippen MR) is 116 cm³/mol. The molecule has 0 radical (unpaired) electrons. The molecule has 2 amide bonds. The van der Waals surface area contributed by atoms with Crippen LogP contribution in [0.4, 0.5) is 10.8 Å². The number of methoxy groups -OCH3 is 1. The van der Waals surface area contributed by atoms with E-state index in [1.807, 2.05) is 12.1 Å². The number of fused-ring (bicyclic) bond motifs is 1. The highest BCUT2D eigenvalue weighted by molar-refractivity contribution is 7.14. The van der Waals surface area contributed by atoms with Crippen LogP contribution in [-0.2, 0) is 17.6 Å². The fraction of sp³-hybridized carbons (Fsp3) is 0.318. The molecule has 0 spiro atoms. The highest BCUT2D eigenvalue weighted by atomic mass is 32.1. The fourth-order valence-electron chi connectivity index (χ4n) is 3.75. The number of hydrogen-bond donors (Lipinski definition) is 1. The van der Waals surface area contributed by atoms with Gasteiger partial charge in [-0.25, -0.2) is 4.98 Å².